The summed E-state index contributed by atoms with van der Waals surface area (Å²) in [6.07, 6.45) is 0.264. The van der Waals surface area contributed by atoms with E-state index in [0.29, 0.717) is 5.89 Å². The van der Waals surface area contributed by atoms with Crippen LogP contribution in [-0.2, 0) is 9.53 Å². The summed E-state index contributed by atoms with van der Waals surface area (Å²) in [5, 5.41) is 8.11. The van der Waals surface area contributed by atoms with Gasteiger partial charge < -0.3 is 9.15 Å². The zero-order valence-electron chi connectivity index (χ0n) is 15.8. The van der Waals surface area contributed by atoms with Crippen LogP contribution >= 0.6 is 0 Å². The molecule has 0 aliphatic heterocycles. The normalized spacial score (nSPS) is 14.3. The molecular weight excluding hydrogens is 340 g/mol. The Bertz CT molecular complexity index is 862. The van der Waals surface area contributed by atoms with Crippen LogP contribution in [0.3, 0.4) is 0 Å². The molecule has 0 aliphatic rings. The average Bonchev–Trinajstić information content (AvgIpc) is 3.20. The molecule has 0 amide bonds. The second-order valence-electron chi connectivity index (χ2n) is 6.66. The summed E-state index contributed by atoms with van der Waals surface area (Å²) in [5.41, 5.74) is 1.79. The van der Waals surface area contributed by atoms with E-state index in [1.165, 1.54) is 0 Å². The van der Waals surface area contributed by atoms with Gasteiger partial charge in [-0.05, 0) is 30.5 Å². The number of carbonyl (C=O) groups excluding carboxylic acids is 1. The fourth-order valence-corrected chi connectivity index (χ4v) is 2.99. The number of hydrogen-bond donors (Lipinski definition) is 0. The van der Waals surface area contributed by atoms with Crippen molar-refractivity contribution >= 4 is 5.97 Å². The van der Waals surface area contributed by atoms with Gasteiger partial charge >= 0.3 is 5.97 Å². The lowest BCUT2D eigenvalue weighted by atomic mass is 9.85. The number of rotatable bonds is 7. The number of ether oxygens (including phenoxy) is 1. The summed E-state index contributed by atoms with van der Waals surface area (Å²) in [5.74, 6) is 0.264. The summed E-state index contributed by atoms with van der Waals surface area (Å²) in [6, 6.07) is 19.2. The van der Waals surface area contributed by atoms with Crippen LogP contribution in [0.4, 0.5) is 0 Å². The second-order valence-corrected chi connectivity index (χ2v) is 6.66. The first-order valence-electron chi connectivity index (χ1n) is 9.24. The molecule has 5 heteroatoms. The van der Waals surface area contributed by atoms with E-state index >= 15 is 0 Å². The number of nitrogens with zero attached hydrogens (tertiary/aromatic N) is 2. The van der Waals surface area contributed by atoms with E-state index in [2.05, 4.69) is 24.0 Å². The number of aromatic nitrogens is 2. The van der Waals surface area contributed by atoms with Gasteiger partial charge in [0.25, 0.3) is 5.89 Å². The van der Waals surface area contributed by atoms with Crippen molar-refractivity contribution in [1.29, 1.82) is 0 Å². The molecule has 1 aromatic heterocycles. The van der Waals surface area contributed by atoms with E-state index < -0.39 is 6.10 Å². The molecule has 0 radical (unpaired) electrons. The van der Waals surface area contributed by atoms with Crippen molar-refractivity contribution < 1.29 is 13.9 Å². The predicted octanol–water partition coefficient (Wildman–Crippen LogP) is 5.17. The van der Waals surface area contributed by atoms with Crippen LogP contribution in [0.2, 0.25) is 0 Å². The van der Waals surface area contributed by atoms with Gasteiger partial charge in [-0.15, -0.1) is 10.2 Å². The predicted molar refractivity (Wildman–Crippen MR) is 103 cm³/mol. The average molecular weight is 364 g/mol. The van der Waals surface area contributed by atoms with Gasteiger partial charge in [-0.25, -0.2) is 0 Å². The van der Waals surface area contributed by atoms with E-state index in [0.717, 1.165) is 17.5 Å². The number of carbonyl (C=O) groups is 1. The first kappa shape index (κ1) is 18.8. The van der Waals surface area contributed by atoms with Crippen LogP contribution in [0, 0.1) is 5.92 Å². The van der Waals surface area contributed by atoms with Gasteiger partial charge in [0.2, 0.25) is 5.89 Å². The van der Waals surface area contributed by atoms with Crippen molar-refractivity contribution in [2.75, 3.05) is 0 Å². The SMILES string of the molecule is CCC(C)C(C(=O)OC(C)c1nnc(-c2ccccc2)o1)c1ccccc1. The zero-order chi connectivity index (χ0) is 19.2. The first-order chi connectivity index (χ1) is 13.1. The zero-order valence-corrected chi connectivity index (χ0v) is 15.8. The fourth-order valence-electron chi connectivity index (χ4n) is 2.99. The summed E-state index contributed by atoms with van der Waals surface area (Å²) in [7, 11) is 0. The van der Waals surface area contributed by atoms with E-state index in [9.17, 15) is 4.79 Å². The van der Waals surface area contributed by atoms with Gasteiger partial charge in [0.15, 0.2) is 6.10 Å². The summed E-state index contributed by atoms with van der Waals surface area (Å²) < 4.78 is 11.4. The van der Waals surface area contributed by atoms with Crippen LogP contribution in [0.15, 0.2) is 65.1 Å². The van der Waals surface area contributed by atoms with Gasteiger partial charge in [-0.2, -0.15) is 0 Å². The molecule has 3 atom stereocenters. The molecule has 3 unspecified atom stereocenters. The highest BCUT2D eigenvalue weighted by atomic mass is 16.6. The maximum Gasteiger partial charge on any atom is 0.314 e. The monoisotopic (exact) mass is 364 g/mol. The van der Waals surface area contributed by atoms with Gasteiger partial charge in [-0.3, -0.25) is 4.79 Å². The minimum absolute atomic E-state index is 0.162. The number of benzene rings is 2. The van der Waals surface area contributed by atoms with Crippen molar-refractivity contribution in [2.45, 2.75) is 39.2 Å². The van der Waals surface area contributed by atoms with Gasteiger partial charge in [0.1, 0.15) is 0 Å². The summed E-state index contributed by atoms with van der Waals surface area (Å²) >= 11 is 0. The van der Waals surface area contributed by atoms with Crippen molar-refractivity contribution in [3.8, 4) is 11.5 Å². The fraction of sp³-hybridized carbons (Fsp3) is 0.318. The highest BCUT2D eigenvalue weighted by Crippen LogP contribution is 2.31. The van der Waals surface area contributed by atoms with E-state index in [-0.39, 0.29) is 23.7 Å². The van der Waals surface area contributed by atoms with Crippen LogP contribution in [0.5, 0.6) is 0 Å². The van der Waals surface area contributed by atoms with Crippen LogP contribution in [0.25, 0.3) is 11.5 Å². The minimum atomic E-state index is -0.613. The van der Waals surface area contributed by atoms with Crippen LogP contribution in [-0.4, -0.2) is 16.2 Å². The molecule has 0 bridgehead atoms. The Kier molecular flexibility index (Phi) is 6.01. The van der Waals surface area contributed by atoms with E-state index in [1.807, 2.05) is 60.7 Å². The van der Waals surface area contributed by atoms with Gasteiger partial charge in [-0.1, -0.05) is 68.8 Å². The molecule has 0 N–H and O–H groups in total. The molecule has 0 aliphatic carbocycles. The van der Waals surface area contributed by atoms with E-state index in [1.54, 1.807) is 6.92 Å². The third-order valence-corrected chi connectivity index (χ3v) is 4.73. The highest BCUT2D eigenvalue weighted by Gasteiger charge is 2.30. The number of hydrogen-bond acceptors (Lipinski definition) is 5. The molecule has 0 spiro atoms. The molecule has 0 fully saturated rings. The molecule has 0 saturated carbocycles. The quantitative estimate of drug-likeness (QED) is 0.541. The molecule has 27 heavy (non-hydrogen) atoms. The second kappa shape index (κ2) is 8.62. The standard InChI is InChI=1S/C22H24N2O3/c1-4-15(2)19(17-11-7-5-8-12-17)22(25)26-16(3)20-23-24-21(27-20)18-13-9-6-10-14-18/h5-16,19H,4H2,1-3H3. The molecule has 0 saturated heterocycles. The van der Waals surface area contributed by atoms with Crippen molar-refractivity contribution in [2.24, 2.45) is 5.92 Å². The third-order valence-electron chi connectivity index (χ3n) is 4.73. The Labute approximate surface area is 159 Å². The van der Waals surface area contributed by atoms with Crippen molar-refractivity contribution in [3.05, 3.63) is 72.1 Å². The molecule has 140 valence electrons. The third kappa shape index (κ3) is 4.42. The number of esters is 1. The summed E-state index contributed by atoms with van der Waals surface area (Å²) in [4.78, 5) is 12.9. The van der Waals surface area contributed by atoms with Crippen LogP contribution in [0.1, 0.15) is 50.7 Å². The Hall–Kier alpha value is -2.95. The minimum Gasteiger partial charge on any atom is -0.452 e. The Balaban J connectivity index is 1.75. The van der Waals surface area contributed by atoms with Crippen LogP contribution < -0.4 is 0 Å². The summed E-state index contributed by atoms with van der Waals surface area (Å²) in [6.45, 7) is 5.88. The van der Waals surface area contributed by atoms with E-state index in [4.69, 9.17) is 9.15 Å². The maximum absolute atomic E-state index is 12.9. The largest absolute Gasteiger partial charge is 0.452 e. The molecule has 1 heterocycles. The lowest BCUT2D eigenvalue weighted by Gasteiger charge is -2.23. The molecule has 2 aromatic carbocycles. The molecular formula is C22H24N2O3. The highest BCUT2D eigenvalue weighted by molar-refractivity contribution is 5.78. The molecule has 5 nitrogen and oxygen atoms in total. The Morgan fingerprint density at radius 1 is 1.00 bits per heavy atom. The maximum atomic E-state index is 12.9. The molecule has 3 aromatic rings. The lowest BCUT2D eigenvalue weighted by Crippen LogP contribution is -2.23. The lowest BCUT2D eigenvalue weighted by molar-refractivity contribution is -0.153. The van der Waals surface area contributed by atoms with Gasteiger partial charge in [0, 0.05) is 5.56 Å². The van der Waals surface area contributed by atoms with Crippen molar-refractivity contribution in [1.82, 2.24) is 10.2 Å². The first-order valence-corrected chi connectivity index (χ1v) is 9.24. The topological polar surface area (TPSA) is 65.2 Å². The Morgan fingerprint density at radius 3 is 2.26 bits per heavy atom. The van der Waals surface area contributed by atoms with Crippen molar-refractivity contribution in [3.63, 3.8) is 0 Å². The Morgan fingerprint density at radius 2 is 1.63 bits per heavy atom. The molecule has 3 rings (SSSR count). The smallest absolute Gasteiger partial charge is 0.314 e. The van der Waals surface area contributed by atoms with Gasteiger partial charge in [0.05, 0.1) is 5.92 Å².